The lowest BCUT2D eigenvalue weighted by atomic mass is 10.2. The number of hydrogen-bond donors (Lipinski definition) is 1. The number of rotatable bonds is 7. The minimum absolute atomic E-state index is 0.216. The van der Waals surface area contributed by atoms with E-state index in [2.05, 4.69) is 5.32 Å². The second-order valence-corrected chi connectivity index (χ2v) is 3.94. The van der Waals surface area contributed by atoms with Crippen LogP contribution in [0.1, 0.15) is 13.8 Å². The lowest BCUT2D eigenvalue weighted by Crippen LogP contribution is -2.14. The van der Waals surface area contributed by atoms with E-state index < -0.39 is 6.09 Å². The van der Waals surface area contributed by atoms with Crippen molar-refractivity contribution in [3.05, 3.63) is 24.3 Å². The summed E-state index contributed by atoms with van der Waals surface area (Å²) in [7, 11) is 3.04. The molecule has 0 unspecified atom stereocenters. The predicted octanol–water partition coefficient (Wildman–Crippen LogP) is 3.23. The quantitative estimate of drug-likeness (QED) is 0.782. The molecule has 0 saturated heterocycles. The summed E-state index contributed by atoms with van der Waals surface area (Å²) < 4.78 is 21.0. The molecule has 1 aromatic carbocycles. The zero-order valence-electron chi connectivity index (χ0n) is 12.8. The van der Waals surface area contributed by atoms with E-state index in [0.29, 0.717) is 29.5 Å². The maximum absolute atomic E-state index is 11.6. The molecule has 0 aliphatic heterocycles. The van der Waals surface area contributed by atoms with E-state index in [4.69, 9.17) is 18.9 Å². The average Bonchev–Trinajstić information content (AvgIpc) is 2.48. The van der Waals surface area contributed by atoms with Crippen LogP contribution >= 0.6 is 0 Å². The number of carbonyl (C=O) groups excluding carboxylic acids is 1. The fraction of sp³-hybridized carbons (Fsp3) is 0.400. The number of methoxy groups -OCH3 is 2. The van der Waals surface area contributed by atoms with Crippen LogP contribution in [0, 0.1) is 0 Å². The Kier molecular flexibility index (Phi) is 6.94. The molecule has 0 fully saturated rings. The third-order valence-corrected chi connectivity index (χ3v) is 2.54. The van der Waals surface area contributed by atoms with E-state index in [1.54, 1.807) is 24.3 Å². The Labute approximate surface area is 124 Å². The Morgan fingerprint density at radius 2 is 1.86 bits per heavy atom. The van der Waals surface area contributed by atoms with Crippen LogP contribution in [0.25, 0.3) is 0 Å². The van der Waals surface area contributed by atoms with Crippen LogP contribution in [0.2, 0.25) is 0 Å². The van der Waals surface area contributed by atoms with Crippen molar-refractivity contribution >= 4 is 11.8 Å². The molecule has 21 heavy (non-hydrogen) atoms. The van der Waals surface area contributed by atoms with Crippen molar-refractivity contribution < 1.29 is 23.7 Å². The third-order valence-electron chi connectivity index (χ3n) is 2.54. The molecule has 6 heteroatoms. The SMILES string of the molecule is CC=CCOC(=O)Nc1cc(OC)c(OCC)c(OC)c1. The van der Waals surface area contributed by atoms with Gasteiger partial charge in [-0.15, -0.1) is 0 Å². The molecule has 1 aromatic rings. The molecule has 0 atom stereocenters. The van der Waals surface area contributed by atoms with Gasteiger partial charge >= 0.3 is 6.09 Å². The van der Waals surface area contributed by atoms with Gasteiger partial charge in [0.05, 0.1) is 26.5 Å². The van der Waals surface area contributed by atoms with Crippen LogP contribution in [0.3, 0.4) is 0 Å². The van der Waals surface area contributed by atoms with E-state index in [1.807, 2.05) is 13.8 Å². The van der Waals surface area contributed by atoms with Crippen molar-refractivity contribution in [1.29, 1.82) is 0 Å². The number of hydrogen-bond acceptors (Lipinski definition) is 5. The van der Waals surface area contributed by atoms with Crippen LogP contribution in [0.15, 0.2) is 24.3 Å². The van der Waals surface area contributed by atoms with Gasteiger partial charge in [0.2, 0.25) is 5.75 Å². The van der Waals surface area contributed by atoms with Gasteiger partial charge in [-0.3, -0.25) is 5.32 Å². The second-order valence-electron chi connectivity index (χ2n) is 3.94. The largest absolute Gasteiger partial charge is 0.493 e. The molecule has 0 aromatic heterocycles. The normalized spacial score (nSPS) is 10.3. The molecule has 1 rings (SSSR count). The zero-order chi connectivity index (χ0) is 15.7. The highest BCUT2D eigenvalue weighted by Crippen LogP contribution is 2.40. The Bertz CT molecular complexity index is 474. The van der Waals surface area contributed by atoms with Gasteiger partial charge in [-0.1, -0.05) is 12.2 Å². The van der Waals surface area contributed by atoms with E-state index in [-0.39, 0.29) is 6.61 Å². The van der Waals surface area contributed by atoms with Gasteiger partial charge in [0.15, 0.2) is 11.5 Å². The highest BCUT2D eigenvalue weighted by atomic mass is 16.5. The van der Waals surface area contributed by atoms with Gasteiger partial charge in [-0.05, 0) is 13.8 Å². The fourth-order valence-electron chi connectivity index (χ4n) is 1.61. The predicted molar refractivity (Wildman–Crippen MR) is 80.5 cm³/mol. The Balaban J connectivity index is 2.90. The van der Waals surface area contributed by atoms with Crippen molar-refractivity contribution in [1.82, 2.24) is 0 Å². The molecular weight excluding hydrogens is 274 g/mol. The molecule has 116 valence electrons. The monoisotopic (exact) mass is 295 g/mol. The highest BCUT2D eigenvalue weighted by molar-refractivity contribution is 5.86. The number of ether oxygens (including phenoxy) is 4. The third kappa shape index (κ3) is 4.91. The summed E-state index contributed by atoms with van der Waals surface area (Å²) in [4.78, 5) is 11.6. The first-order chi connectivity index (χ1) is 10.2. The van der Waals surface area contributed by atoms with Gasteiger partial charge in [-0.25, -0.2) is 4.79 Å². The van der Waals surface area contributed by atoms with E-state index in [0.717, 1.165) is 0 Å². The summed E-state index contributed by atoms with van der Waals surface area (Å²) in [5.41, 5.74) is 0.498. The maximum atomic E-state index is 11.6. The minimum Gasteiger partial charge on any atom is -0.493 e. The number of anilines is 1. The lowest BCUT2D eigenvalue weighted by molar-refractivity contribution is 0.174. The first-order valence-electron chi connectivity index (χ1n) is 6.60. The molecule has 0 radical (unpaired) electrons. The molecule has 0 heterocycles. The molecule has 6 nitrogen and oxygen atoms in total. The van der Waals surface area contributed by atoms with Crippen LogP contribution in [-0.2, 0) is 4.74 Å². The molecule has 0 bridgehead atoms. The number of nitrogens with one attached hydrogen (secondary N) is 1. The molecule has 0 spiro atoms. The minimum atomic E-state index is -0.554. The van der Waals surface area contributed by atoms with E-state index >= 15 is 0 Å². The van der Waals surface area contributed by atoms with Crippen LogP contribution in [0.4, 0.5) is 10.5 Å². The molecule has 1 amide bonds. The highest BCUT2D eigenvalue weighted by Gasteiger charge is 2.15. The number of carbonyl (C=O) groups is 1. The summed E-state index contributed by atoms with van der Waals surface area (Å²) in [6, 6.07) is 3.29. The van der Waals surface area contributed by atoms with Gasteiger partial charge in [0.1, 0.15) is 6.61 Å². The van der Waals surface area contributed by atoms with Crippen LogP contribution < -0.4 is 19.5 Å². The number of amides is 1. The molecule has 0 aliphatic rings. The van der Waals surface area contributed by atoms with Crippen molar-refractivity contribution in [2.24, 2.45) is 0 Å². The topological polar surface area (TPSA) is 66.0 Å². The summed E-state index contributed by atoms with van der Waals surface area (Å²) in [6.45, 7) is 4.41. The first-order valence-corrected chi connectivity index (χ1v) is 6.60. The van der Waals surface area contributed by atoms with Crippen molar-refractivity contribution in [2.75, 3.05) is 32.8 Å². The Morgan fingerprint density at radius 3 is 2.33 bits per heavy atom. The van der Waals surface area contributed by atoms with E-state index in [1.165, 1.54) is 14.2 Å². The summed E-state index contributed by atoms with van der Waals surface area (Å²) >= 11 is 0. The van der Waals surface area contributed by atoms with Crippen LogP contribution in [0.5, 0.6) is 17.2 Å². The molecular formula is C15H21NO5. The second kappa shape index (κ2) is 8.73. The number of allylic oxidation sites excluding steroid dienone is 1. The van der Waals surface area contributed by atoms with Crippen molar-refractivity contribution in [3.63, 3.8) is 0 Å². The maximum Gasteiger partial charge on any atom is 0.411 e. The number of benzene rings is 1. The van der Waals surface area contributed by atoms with E-state index in [9.17, 15) is 4.79 Å². The van der Waals surface area contributed by atoms with Gasteiger partial charge in [0, 0.05) is 12.1 Å². The van der Waals surface area contributed by atoms with Gasteiger partial charge in [-0.2, -0.15) is 0 Å². The van der Waals surface area contributed by atoms with Crippen molar-refractivity contribution in [2.45, 2.75) is 13.8 Å². The standard InChI is InChI=1S/C15H21NO5/c1-5-7-8-21-15(17)16-11-9-12(18-3)14(20-6-2)13(10-11)19-4/h5,7,9-10H,6,8H2,1-4H3,(H,16,17). The fourth-order valence-corrected chi connectivity index (χ4v) is 1.61. The lowest BCUT2D eigenvalue weighted by Gasteiger charge is -2.15. The zero-order valence-corrected chi connectivity index (χ0v) is 12.8. The Morgan fingerprint density at radius 1 is 1.24 bits per heavy atom. The van der Waals surface area contributed by atoms with Gasteiger partial charge < -0.3 is 18.9 Å². The average molecular weight is 295 g/mol. The summed E-state index contributed by atoms with van der Waals surface area (Å²) in [5.74, 6) is 1.44. The summed E-state index contributed by atoms with van der Waals surface area (Å²) in [5, 5.41) is 2.61. The van der Waals surface area contributed by atoms with Crippen LogP contribution in [-0.4, -0.2) is 33.5 Å². The summed E-state index contributed by atoms with van der Waals surface area (Å²) in [6.07, 6.45) is 2.98. The smallest absolute Gasteiger partial charge is 0.411 e. The molecule has 0 saturated carbocycles. The first kappa shape index (κ1) is 16.7. The van der Waals surface area contributed by atoms with Crippen molar-refractivity contribution in [3.8, 4) is 17.2 Å². The molecule has 1 N–H and O–H groups in total. The van der Waals surface area contributed by atoms with Gasteiger partial charge in [0.25, 0.3) is 0 Å². The molecule has 0 aliphatic carbocycles. The Hall–Kier alpha value is -2.37.